The number of rotatable bonds is 9. The first-order valence-corrected chi connectivity index (χ1v) is 12.1. The molecule has 0 saturated heterocycles. The van der Waals surface area contributed by atoms with Crippen LogP contribution >= 0.6 is 11.6 Å². The summed E-state index contributed by atoms with van der Waals surface area (Å²) in [5, 5.41) is 3.05. The molecule has 0 unspecified atom stereocenters. The molecule has 0 fully saturated rings. The smallest absolute Gasteiger partial charge is 0.244 e. The zero-order chi connectivity index (χ0) is 23.2. The highest BCUT2D eigenvalue weighted by atomic mass is 35.5. The lowest BCUT2D eigenvalue weighted by molar-refractivity contribution is -0.140. The van der Waals surface area contributed by atoms with Crippen molar-refractivity contribution >= 4 is 39.1 Å². The second-order valence-corrected chi connectivity index (χ2v) is 9.58. The normalized spacial score (nSPS) is 12.2. The monoisotopic (exact) mass is 465 g/mol. The second kappa shape index (κ2) is 10.6. The molecular formula is C22H28ClN3O4S. The van der Waals surface area contributed by atoms with Gasteiger partial charge in [-0.3, -0.25) is 13.9 Å². The molecular weight excluding hydrogens is 438 g/mol. The van der Waals surface area contributed by atoms with Crippen LogP contribution in [0.3, 0.4) is 0 Å². The van der Waals surface area contributed by atoms with Crippen molar-refractivity contribution in [2.75, 3.05) is 24.2 Å². The molecule has 1 atom stereocenters. The fourth-order valence-electron chi connectivity index (χ4n) is 3.28. The van der Waals surface area contributed by atoms with Gasteiger partial charge in [0.25, 0.3) is 0 Å². The zero-order valence-corrected chi connectivity index (χ0v) is 19.7. The van der Waals surface area contributed by atoms with Crippen LogP contribution in [0.5, 0.6) is 0 Å². The van der Waals surface area contributed by atoms with Gasteiger partial charge in [-0.15, -0.1) is 0 Å². The number of halogens is 1. The largest absolute Gasteiger partial charge is 0.357 e. The van der Waals surface area contributed by atoms with E-state index in [2.05, 4.69) is 5.32 Å². The van der Waals surface area contributed by atoms with Crippen LogP contribution in [0.1, 0.15) is 24.5 Å². The quantitative estimate of drug-likeness (QED) is 0.616. The van der Waals surface area contributed by atoms with E-state index >= 15 is 0 Å². The van der Waals surface area contributed by atoms with Crippen molar-refractivity contribution in [3.05, 3.63) is 64.7 Å². The number of amides is 2. The molecule has 0 heterocycles. The van der Waals surface area contributed by atoms with Gasteiger partial charge < -0.3 is 10.2 Å². The number of benzene rings is 2. The Morgan fingerprint density at radius 2 is 1.71 bits per heavy atom. The molecule has 0 aromatic heterocycles. The summed E-state index contributed by atoms with van der Waals surface area (Å²) in [7, 11) is -2.24. The SMILES string of the molecule is CC[C@@H](C(=O)NC)N(Cc1ccccc1C)C(=O)CN(c1ccc(Cl)cc1)S(C)(=O)=O. The third-order valence-corrected chi connectivity index (χ3v) is 6.42. The summed E-state index contributed by atoms with van der Waals surface area (Å²) >= 11 is 5.92. The van der Waals surface area contributed by atoms with Gasteiger partial charge in [-0.1, -0.05) is 42.8 Å². The molecule has 2 rings (SSSR count). The minimum atomic E-state index is -3.76. The van der Waals surface area contributed by atoms with Crippen LogP contribution in [0.15, 0.2) is 48.5 Å². The maximum Gasteiger partial charge on any atom is 0.244 e. The van der Waals surface area contributed by atoms with Gasteiger partial charge in [0.15, 0.2) is 0 Å². The summed E-state index contributed by atoms with van der Waals surface area (Å²) in [5.74, 6) is -0.777. The van der Waals surface area contributed by atoms with E-state index in [9.17, 15) is 18.0 Å². The molecule has 2 amide bonds. The van der Waals surface area contributed by atoms with Gasteiger partial charge in [0, 0.05) is 18.6 Å². The van der Waals surface area contributed by atoms with Crippen molar-refractivity contribution in [2.45, 2.75) is 32.9 Å². The first-order valence-electron chi connectivity index (χ1n) is 9.87. The van der Waals surface area contributed by atoms with Crippen molar-refractivity contribution < 1.29 is 18.0 Å². The number of carbonyl (C=O) groups excluding carboxylic acids is 2. The second-order valence-electron chi connectivity index (χ2n) is 7.23. The number of anilines is 1. The molecule has 2 aromatic carbocycles. The Kier molecular flexibility index (Phi) is 8.47. The van der Waals surface area contributed by atoms with Gasteiger partial charge in [0.2, 0.25) is 21.8 Å². The number of nitrogens with zero attached hydrogens (tertiary/aromatic N) is 2. The van der Waals surface area contributed by atoms with E-state index in [4.69, 9.17) is 11.6 Å². The molecule has 0 aliphatic rings. The number of carbonyl (C=O) groups is 2. The topological polar surface area (TPSA) is 86.8 Å². The molecule has 0 aliphatic carbocycles. The van der Waals surface area contributed by atoms with E-state index in [0.717, 1.165) is 21.7 Å². The van der Waals surface area contributed by atoms with Gasteiger partial charge in [-0.05, 0) is 48.7 Å². The maximum absolute atomic E-state index is 13.4. The van der Waals surface area contributed by atoms with Crippen molar-refractivity contribution in [3.8, 4) is 0 Å². The van der Waals surface area contributed by atoms with Gasteiger partial charge in [-0.25, -0.2) is 8.42 Å². The predicted molar refractivity (Wildman–Crippen MR) is 124 cm³/mol. The minimum Gasteiger partial charge on any atom is -0.357 e. The van der Waals surface area contributed by atoms with E-state index in [-0.39, 0.29) is 12.5 Å². The summed E-state index contributed by atoms with van der Waals surface area (Å²) in [6.45, 7) is 3.50. The highest BCUT2D eigenvalue weighted by Gasteiger charge is 2.31. The van der Waals surface area contributed by atoms with Gasteiger partial charge >= 0.3 is 0 Å². The molecule has 1 N–H and O–H groups in total. The lowest BCUT2D eigenvalue weighted by Crippen LogP contribution is -2.51. The molecule has 0 aliphatic heterocycles. The summed E-state index contributed by atoms with van der Waals surface area (Å²) < 4.78 is 25.9. The molecule has 7 nitrogen and oxygen atoms in total. The fourth-order valence-corrected chi connectivity index (χ4v) is 4.25. The lowest BCUT2D eigenvalue weighted by atomic mass is 10.1. The van der Waals surface area contributed by atoms with Gasteiger partial charge in [0.05, 0.1) is 11.9 Å². The molecule has 0 saturated carbocycles. The minimum absolute atomic E-state index is 0.190. The zero-order valence-electron chi connectivity index (χ0n) is 18.1. The molecule has 0 bridgehead atoms. The standard InChI is InChI=1S/C22H28ClN3O4S/c1-5-20(22(28)24-3)25(14-17-9-7-6-8-16(17)2)21(27)15-26(31(4,29)30)19-12-10-18(23)11-13-19/h6-13,20H,5,14-15H2,1-4H3,(H,24,28)/t20-/m0/s1. The number of hydrogen-bond acceptors (Lipinski definition) is 4. The Hall–Kier alpha value is -2.58. The van der Waals surface area contributed by atoms with Crippen LogP contribution in [-0.4, -0.2) is 51.0 Å². The predicted octanol–water partition coefficient (Wildman–Crippen LogP) is 2.97. The highest BCUT2D eigenvalue weighted by molar-refractivity contribution is 7.92. The summed E-state index contributed by atoms with van der Waals surface area (Å²) in [6, 6.07) is 13.0. The Balaban J connectivity index is 2.43. The Labute approximate surface area is 189 Å². The van der Waals surface area contributed by atoms with E-state index < -0.39 is 28.5 Å². The number of aryl methyl sites for hydroxylation is 1. The summed E-state index contributed by atoms with van der Waals surface area (Å²) in [4.78, 5) is 27.3. The first-order chi connectivity index (χ1) is 14.6. The molecule has 0 spiro atoms. The fraction of sp³-hybridized carbons (Fsp3) is 0.364. The van der Waals surface area contributed by atoms with E-state index in [0.29, 0.717) is 17.1 Å². The van der Waals surface area contributed by atoms with E-state index in [1.165, 1.54) is 11.9 Å². The van der Waals surface area contributed by atoms with Crippen molar-refractivity contribution in [1.82, 2.24) is 10.2 Å². The average molecular weight is 466 g/mol. The van der Waals surface area contributed by atoms with Gasteiger partial charge in [0.1, 0.15) is 12.6 Å². The summed E-state index contributed by atoms with van der Waals surface area (Å²) in [6.07, 6.45) is 1.42. The lowest BCUT2D eigenvalue weighted by Gasteiger charge is -2.33. The van der Waals surface area contributed by atoms with Crippen LogP contribution in [0.2, 0.25) is 5.02 Å². The third-order valence-electron chi connectivity index (χ3n) is 5.03. The van der Waals surface area contributed by atoms with Crippen molar-refractivity contribution in [2.24, 2.45) is 0 Å². The van der Waals surface area contributed by atoms with Crippen LogP contribution < -0.4 is 9.62 Å². The maximum atomic E-state index is 13.4. The van der Waals surface area contributed by atoms with Crippen LogP contribution in [0.25, 0.3) is 0 Å². The van der Waals surface area contributed by atoms with E-state index in [1.807, 2.05) is 38.1 Å². The first kappa shape index (κ1) is 24.7. The van der Waals surface area contributed by atoms with E-state index in [1.54, 1.807) is 24.3 Å². The van der Waals surface area contributed by atoms with Gasteiger partial charge in [-0.2, -0.15) is 0 Å². The molecule has 2 aromatic rings. The van der Waals surface area contributed by atoms with Crippen molar-refractivity contribution in [1.29, 1.82) is 0 Å². The van der Waals surface area contributed by atoms with Crippen molar-refractivity contribution in [3.63, 3.8) is 0 Å². The number of sulfonamides is 1. The third kappa shape index (κ3) is 6.45. The van der Waals surface area contributed by atoms with Crippen LogP contribution in [0, 0.1) is 6.92 Å². The highest BCUT2D eigenvalue weighted by Crippen LogP contribution is 2.22. The molecule has 168 valence electrons. The molecule has 31 heavy (non-hydrogen) atoms. The number of nitrogens with one attached hydrogen (secondary N) is 1. The number of likely N-dealkylation sites (N-methyl/N-ethyl adjacent to an activating group) is 1. The Morgan fingerprint density at radius 3 is 2.23 bits per heavy atom. The number of hydrogen-bond donors (Lipinski definition) is 1. The van der Waals surface area contributed by atoms with Crippen LogP contribution in [0.4, 0.5) is 5.69 Å². The Bertz CT molecular complexity index is 1030. The average Bonchev–Trinajstić information content (AvgIpc) is 2.72. The molecule has 0 radical (unpaired) electrons. The van der Waals surface area contributed by atoms with Crippen LogP contribution in [-0.2, 0) is 26.2 Å². The Morgan fingerprint density at radius 1 is 1.10 bits per heavy atom. The summed E-state index contributed by atoms with van der Waals surface area (Å²) in [5.41, 5.74) is 2.18. The molecule has 9 heteroatoms.